The number of benzene rings is 1. The molecule has 1 aromatic carbocycles. The molecule has 0 saturated heterocycles. The zero-order valence-electron chi connectivity index (χ0n) is 13.0. The van der Waals surface area contributed by atoms with Crippen molar-refractivity contribution in [3.05, 3.63) is 51.9 Å². The topological polar surface area (TPSA) is 96.7 Å². The first kappa shape index (κ1) is 18.5. The molecule has 142 valence electrons. The molecule has 0 aliphatic rings. The molecule has 2 aromatic heterocycles. The van der Waals surface area contributed by atoms with Crippen LogP contribution in [0.1, 0.15) is 11.1 Å². The molecular weight excluding hydrogens is 380 g/mol. The van der Waals surface area contributed by atoms with Gasteiger partial charge in [-0.1, -0.05) is 0 Å². The summed E-state index contributed by atoms with van der Waals surface area (Å²) in [5.41, 5.74) is 1.27. The predicted molar refractivity (Wildman–Crippen MR) is 84.3 cm³/mol. The van der Waals surface area contributed by atoms with Gasteiger partial charge in [-0.2, -0.15) is 31.3 Å². The van der Waals surface area contributed by atoms with Crippen LogP contribution in [0.2, 0.25) is 0 Å². The van der Waals surface area contributed by atoms with E-state index in [0.717, 1.165) is 0 Å². The number of pyridine rings is 1. The quantitative estimate of drug-likeness (QED) is 0.581. The maximum absolute atomic E-state index is 13.0. The second kappa shape index (κ2) is 6.14. The van der Waals surface area contributed by atoms with E-state index in [-0.39, 0.29) is 28.7 Å². The molecule has 0 atom stereocenters. The Morgan fingerprint density at radius 2 is 1.56 bits per heavy atom. The first-order valence-corrected chi connectivity index (χ1v) is 7.16. The monoisotopic (exact) mass is 389 g/mol. The highest BCUT2D eigenvalue weighted by atomic mass is 19.4. The van der Waals surface area contributed by atoms with Crippen LogP contribution in [0.4, 0.5) is 43.8 Å². The summed E-state index contributed by atoms with van der Waals surface area (Å²) in [6.45, 7) is 0. The third-order valence-electron chi connectivity index (χ3n) is 3.49. The van der Waals surface area contributed by atoms with Crippen LogP contribution in [0.25, 0.3) is 10.9 Å². The van der Waals surface area contributed by atoms with Crippen LogP contribution in [-0.4, -0.2) is 15.0 Å². The number of alkyl halides is 6. The van der Waals surface area contributed by atoms with Crippen molar-refractivity contribution in [2.24, 2.45) is 0 Å². The van der Waals surface area contributed by atoms with Gasteiger partial charge in [0.25, 0.3) is 5.56 Å². The molecule has 0 aliphatic heterocycles. The van der Waals surface area contributed by atoms with Gasteiger partial charge in [-0.3, -0.25) is 4.79 Å². The minimum Gasteiger partial charge on any atom is -0.368 e. The van der Waals surface area contributed by atoms with Crippen LogP contribution in [0, 0.1) is 0 Å². The SMILES string of the molecule is Nc1nc(Nc2cc(C(F)(F)F)cc(C(F)(F)F)c2)c2c(=O)[nH]ccc2n1. The van der Waals surface area contributed by atoms with E-state index in [1.165, 1.54) is 12.3 Å². The second-order valence-electron chi connectivity index (χ2n) is 5.42. The molecule has 0 aliphatic carbocycles. The van der Waals surface area contributed by atoms with Crippen LogP contribution in [0.15, 0.2) is 35.3 Å². The summed E-state index contributed by atoms with van der Waals surface area (Å²) < 4.78 is 77.8. The molecule has 0 saturated carbocycles. The van der Waals surface area contributed by atoms with Crippen molar-refractivity contribution in [2.45, 2.75) is 12.4 Å². The molecule has 0 radical (unpaired) electrons. The highest BCUT2D eigenvalue weighted by Gasteiger charge is 2.37. The summed E-state index contributed by atoms with van der Waals surface area (Å²) in [6, 6.07) is 2.28. The summed E-state index contributed by atoms with van der Waals surface area (Å²) in [5, 5.41) is 2.13. The van der Waals surface area contributed by atoms with E-state index in [2.05, 4.69) is 20.3 Å². The number of nitrogens with one attached hydrogen (secondary N) is 2. The van der Waals surface area contributed by atoms with Gasteiger partial charge < -0.3 is 16.0 Å². The van der Waals surface area contributed by atoms with Gasteiger partial charge in [0, 0.05) is 11.9 Å². The average Bonchev–Trinajstić information content (AvgIpc) is 2.52. The average molecular weight is 389 g/mol. The van der Waals surface area contributed by atoms with E-state index in [1.807, 2.05) is 0 Å². The molecule has 2 heterocycles. The lowest BCUT2D eigenvalue weighted by atomic mass is 10.1. The van der Waals surface area contributed by atoms with Gasteiger partial charge in [0.05, 0.1) is 16.6 Å². The highest BCUT2D eigenvalue weighted by Crippen LogP contribution is 2.38. The summed E-state index contributed by atoms with van der Waals surface area (Å²) >= 11 is 0. The number of nitrogens with zero attached hydrogens (tertiary/aromatic N) is 2. The third-order valence-corrected chi connectivity index (χ3v) is 3.49. The lowest BCUT2D eigenvalue weighted by Crippen LogP contribution is -2.13. The molecule has 0 unspecified atom stereocenters. The smallest absolute Gasteiger partial charge is 0.368 e. The molecule has 3 aromatic rings. The molecule has 6 nitrogen and oxygen atoms in total. The van der Waals surface area contributed by atoms with Crippen molar-refractivity contribution in [2.75, 3.05) is 11.1 Å². The zero-order chi connectivity index (χ0) is 20.0. The Morgan fingerprint density at radius 1 is 0.963 bits per heavy atom. The van der Waals surface area contributed by atoms with Gasteiger partial charge in [0.15, 0.2) is 0 Å². The third kappa shape index (κ3) is 3.78. The van der Waals surface area contributed by atoms with Crippen LogP contribution in [0.3, 0.4) is 0 Å². The first-order chi connectivity index (χ1) is 12.4. The Kier molecular flexibility index (Phi) is 4.20. The van der Waals surface area contributed by atoms with E-state index >= 15 is 0 Å². The van der Waals surface area contributed by atoms with Gasteiger partial charge >= 0.3 is 12.4 Å². The fourth-order valence-corrected chi connectivity index (χ4v) is 2.36. The number of nitrogen functional groups attached to an aromatic ring is 1. The van der Waals surface area contributed by atoms with Crippen LogP contribution in [-0.2, 0) is 12.4 Å². The summed E-state index contributed by atoms with van der Waals surface area (Å²) in [6.07, 6.45) is -8.77. The lowest BCUT2D eigenvalue weighted by molar-refractivity contribution is -0.143. The molecule has 3 rings (SSSR count). The maximum Gasteiger partial charge on any atom is 0.416 e. The number of anilines is 3. The van der Waals surface area contributed by atoms with Crippen molar-refractivity contribution in [1.82, 2.24) is 15.0 Å². The van der Waals surface area contributed by atoms with Gasteiger partial charge in [0.1, 0.15) is 11.2 Å². The molecule has 0 spiro atoms. The standard InChI is InChI=1S/C15H9F6N5O/c16-14(17,18)6-3-7(15(19,20)21)5-8(4-6)24-11-10-9(25-13(22)26-11)1-2-23-12(10)27/h1-5H,(H,23,27)(H3,22,24,25,26). The largest absolute Gasteiger partial charge is 0.416 e. The van der Waals surface area contributed by atoms with Gasteiger partial charge in [-0.05, 0) is 24.3 Å². The van der Waals surface area contributed by atoms with E-state index in [0.29, 0.717) is 12.1 Å². The van der Waals surface area contributed by atoms with Crippen molar-refractivity contribution >= 4 is 28.4 Å². The number of fused-ring (bicyclic) bond motifs is 1. The molecule has 0 bridgehead atoms. The number of halogens is 6. The molecule has 27 heavy (non-hydrogen) atoms. The second-order valence-corrected chi connectivity index (χ2v) is 5.42. The molecular formula is C15H9F6N5O. The molecule has 0 fully saturated rings. The summed E-state index contributed by atoms with van der Waals surface area (Å²) in [5.74, 6) is -0.648. The van der Waals surface area contributed by atoms with Gasteiger partial charge in [-0.25, -0.2) is 4.98 Å². The Balaban J connectivity index is 2.19. The fraction of sp³-hybridized carbons (Fsp3) is 0.133. The minimum absolute atomic E-state index is 0.00949. The van der Waals surface area contributed by atoms with Crippen molar-refractivity contribution < 1.29 is 26.3 Å². The summed E-state index contributed by atoms with van der Waals surface area (Å²) in [4.78, 5) is 21.8. The maximum atomic E-state index is 13.0. The Hall–Kier alpha value is -3.31. The Labute approximate surface area is 146 Å². The van der Waals surface area contributed by atoms with Crippen LogP contribution >= 0.6 is 0 Å². The van der Waals surface area contributed by atoms with E-state index in [4.69, 9.17) is 5.73 Å². The Bertz CT molecular complexity index is 1040. The first-order valence-electron chi connectivity index (χ1n) is 7.16. The van der Waals surface area contributed by atoms with Gasteiger partial charge in [-0.15, -0.1) is 0 Å². The number of aromatic nitrogens is 3. The Morgan fingerprint density at radius 3 is 2.11 bits per heavy atom. The van der Waals surface area contributed by atoms with E-state index in [1.54, 1.807) is 0 Å². The minimum atomic E-state index is -5.01. The van der Waals surface area contributed by atoms with E-state index in [9.17, 15) is 31.1 Å². The fourth-order valence-electron chi connectivity index (χ4n) is 2.36. The summed E-state index contributed by atoms with van der Waals surface area (Å²) in [7, 11) is 0. The molecule has 4 N–H and O–H groups in total. The molecule has 0 amide bonds. The number of nitrogens with two attached hydrogens (primary N) is 1. The van der Waals surface area contributed by atoms with Crippen molar-refractivity contribution in [3.63, 3.8) is 0 Å². The highest BCUT2D eigenvalue weighted by molar-refractivity contribution is 5.90. The van der Waals surface area contributed by atoms with E-state index < -0.39 is 34.7 Å². The number of hydrogen-bond acceptors (Lipinski definition) is 5. The normalized spacial score (nSPS) is 12.4. The number of hydrogen-bond donors (Lipinski definition) is 3. The van der Waals surface area contributed by atoms with Crippen molar-refractivity contribution in [3.8, 4) is 0 Å². The number of rotatable bonds is 2. The van der Waals surface area contributed by atoms with Crippen LogP contribution in [0.5, 0.6) is 0 Å². The zero-order valence-corrected chi connectivity index (χ0v) is 13.0. The number of aromatic amines is 1. The van der Waals surface area contributed by atoms with Crippen LogP contribution < -0.4 is 16.6 Å². The lowest BCUT2D eigenvalue weighted by Gasteiger charge is -2.15. The molecule has 12 heteroatoms. The van der Waals surface area contributed by atoms with Crippen molar-refractivity contribution in [1.29, 1.82) is 0 Å². The predicted octanol–water partition coefficient (Wildman–Crippen LogP) is 3.68. The van der Waals surface area contributed by atoms with Gasteiger partial charge in [0.2, 0.25) is 5.95 Å². The number of H-pyrrole nitrogens is 1.